The van der Waals surface area contributed by atoms with Gasteiger partial charge in [-0.2, -0.15) is 0 Å². The highest BCUT2D eigenvalue weighted by molar-refractivity contribution is 9.10. The van der Waals surface area contributed by atoms with Gasteiger partial charge in [-0.15, -0.1) is 11.8 Å². The van der Waals surface area contributed by atoms with Crippen LogP contribution in [0.4, 0.5) is 0 Å². The minimum Gasteiger partial charge on any atom is -0.357 e. The molecular weight excluding hydrogens is 452 g/mol. The summed E-state index contributed by atoms with van der Waals surface area (Å²) in [6, 6.07) is 26.4. The first kappa shape index (κ1) is 19.9. The van der Waals surface area contributed by atoms with Crippen molar-refractivity contribution >= 4 is 38.6 Å². The summed E-state index contributed by atoms with van der Waals surface area (Å²) in [7, 11) is 0. The van der Waals surface area contributed by atoms with Gasteiger partial charge in [0.15, 0.2) is 0 Å². The number of hydrogen-bond acceptors (Lipinski definition) is 2. The van der Waals surface area contributed by atoms with E-state index in [4.69, 9.17) is 0 Å². The Morgan fingerprint density at radius 2 is 1.70 bits per heavy atom. The third-order valence-corrected chi connectivity index (χ3v) is 7.67. The molecule has 0 spiro atoms. The zero-order valence-corrected chi connectivity index (χ0v) is 19.2. The molecule has 0 aliphatic carbocycles. The molecular formula is C26H25BrN2S. The third-order valence-electron chi connectivity index (χ3n) is 5.91. The molecule has 0 radical (unpaired) electrons. The van der Waals surface area contributed by atoms with E-state index in [0.29, 0.717) is 6.04 Å². The number of aromatic nitrogens is 1. The van der Waals surface area contributed by atoms with Gasteiger partial charge < -0.3 is 10.3 Å². The first-order valence-corrected chi connectivity index (χ1v) is 12.4. The Balaban J connectivity index is 1.32. The molecule has 1 aromatic heterocycles. The zero-order valence-electron chi connectivity index (χ0n) is 16.8. The van der Waals surface area contributed by atoms with E-state index in [1.807, 2.05) is 11.8 Å². The lowest BCUT2D eigenvalue weighted by atomic mass is 9.94. The maximum absolute atomic E-state index is 3.81. The van der Waals surface area contributed by atoms with Crippen molar-refractivity contribution in [3.63, 3.8) is 0 Å². The summed E-state index contributed by atoms with van der Waals surface area (Å²) in [6.07, 6.45) is 3.51. The summed E-state index contributed by atoms with van der Waals surface area (Å²) < 4.78 is 1.14. The molecule has 152 valence electrons. The Bertz CT molecular complexity index is 1140. The number of rotatable bonds is 6. The van der Waals surface area contributed by atoms with Crippen LogP contribution in [-0.4, -0.2) is 16.8 Å². The molecule has 2 nitrogen and oxygen atoms in total. The topological polar surface area (TPSA) is 27.8 Å². The Hall–Kier alpha value is -2.01. The van der Waals surface area contributed by atoms with Crippen molar-refractivity contribution in [3.8, 4) is 11.1 Å². The molecule has 4 aromatic rings. The predicted octanol–water partition coefficient (Wildman–Crippen LogP) is 7.18. The van der Waals surface area contributed by atoms with Gasteiger partial charge in [0.2, 0.25) is 0 Å². The molecule has 4 heteroatoms. The molecule has 0 saturated heterocycles. The number of aromatic amines is 1. The van der Waals surface area contributed by atoms with Gasteiger partial charge in [-0.1, -0.05) is 54.6 Å². The van der Waals surface area contributed by atoms with E-state index in [9.17, 15) is 0 Å². The predicted molar refractivity (Wildman–Crippen MR) is 132 cm³/mol. The molecule has 1 unspecified atom stereocenters. The van der Waals surface area contributed by atoms with Gasteiger partial charge in [0.1, 0.15) is 0 Å². The second-order valence-corrected chi connectivity index (χ2v) is 9.90. The van der Waals surface area contributed by atoms with Crippen LogP contribution in [-0.2, 0) is 13.0 Å². The lowest BCUT2D eigenvalue weighted by Crippen LogP contribution is -2.35. The van der Waals surface area contributed by atoms with Crippen LogP contribution < -0.4 is 5.32 Å². The normalized spacial score (nSPS) is 16.0. The highest BCUT2D eigenvalue weighted by Gasteiger charge is 2.24. The van der Waals surface area contributed by atoms with Crippen molar-refractivity contribution in [2.75, 3.05) is 5.75 Å². The second-order valence-electron chi connectivity index (χ2n) is 7.88. The molecule has 0 bridgehead atoms. The maximum atomic E-state index is 3.81. The van der Waals surface area contributed by atoms with Crippen molar-refractivity contribution in [1.29, 1.82) is 0 Å². The number of fused-ring (bicyclic) bond motifs is 3. The zero-order chi connectivity index (χ0) is 20.3. The fourth-order valence-corrected chi connectivity index (χ4v) is 5.75. The van der Waals surface area contributed by atoms with Crippen LogP contribution in [0.2, 0.25) is 0 Å². The lowest BCUT2D eigenvalue weighted by molar-refractivity contribution is 0.447. The van der Waals surface area contributed by atoms with Crippen LogP contribution in [0.5, 0.6) is 0 Å². The molecule has 5 rings (SSSR count). The standard InChI is InChI=1S/C26H25BrN2S/c27-23-14-13-21(18-8-3-1-4-9-18)25-22-17-28-19(16-24(22)29-26(23)25)10-7-15-30-20-11-5-2-6-12-20/h1-6,8-9,11-14,19,28-29H,7,10,15-17H2. The highest BCUT2D eigenvalue weighted by atomic mass is 79.9. The van der Waals surface area contributed by atoms with Gasteiger partial charge in [-0.05, 0) is 69.4 Å². The first-order valence-electron chi connectivity index (χ1n) is 10.6. The van der Waals surface area contributed by atoms with Crippen LogP contribution in [0.3, 0.4) is 0 Å². The molecule has 2 heterocycles. The Morgan fingerprint density at radius 3 is 2.50 bits per heavy atom. The summed E-state index contributed by atoms with van der Waals surface area (Å²) in [4.78, 5) is 5.11. The monoisotopic (exact) mass is 476 g/mol. The maximum Gasteiger partial charge on any atom is 0.0610 e. The number of nitrogens with one attached hydrogen (secondary N) is 2. The minimum absolute atomic E-state index is 0.542. The van der Waals surface area contributed by atoms with Crippen molar-refractivity contribution in [2.45, 2.75) is 36.7 Å². The Labute approximate surface area is 190 Å². The summed E-state index contributed by atoms with van der Waals surface area (Å²) in [5, 5.41) is 5.16. The van der Waals surface area contributed by atoms with Gasteiger partial charge in [0.05, 0.1) is 5.52 Å². The molecule has 0 saturated carbocycles. The first-order chi connectivity index (χ1) is 14.8. The van der Waals surface area contributed by atoms with Crippen LogP contribution in [0.1, 0.15) is 24.1 Å². The number of hydrogen-bond donors (Lipinski definition) is 2. The van der Waals surface area contributed by atoms with Gasteiger partial charge in [-0.25, -0.2) is 0 Å². The Morgan fingerprint density at radius 1 is 0.933 bits per heavy atom. The van der Waals surface area contributed by atoms with E-state index in [0.717, 1.165) is 17.4 Å². The minimum atomic E-state index is 0.542. The second kappa shape index (κ2) is 9.01. The van der Waals surface area contributed by atoms with Gasteiger partial charge in [0.25, 0.3) is 0 Å². The quantitative estimate of drug-likeness (QED) is 0.227. The van der Waals surface area contributed by atoms with Crippen molar-refractivity contribution in [2.24, 2.45) is 0 Å². The van der Waals surface area contributed by atoms with Crippen LogP contribution in [0, 0.1) is 0 Å². The van der Waals surface area contributed by atoms with E-state index < -0.39 is 0 Å². The fraction of sp³-hybridized carbons (Fsp3) is 0.231. The molecule has 0 fully saturated rings. The van der Waals surface area contributed by atoms with E-state index in [1.54, 1.807) is 0 Å². The molecule has 2 N–H and O–H groups in total. The SMILES string of the molecule is Brc1ccc(-c2ccccc2)c2c3c([nH]c12)CC(CCCSc1ccccc1)NC3. The van der Waals surface area contributed by atoms with Crippen LogP contribution >= 0.6 is 27.7 Å². The summed E-state index contributed by atoms with van der Waals surface area (Å²) in [5.41, 5.74) is 6.64. The van der Waals surface area contributed by atoms with Gasteiger partial charge in [-0.3, -0.25) is 0 Å². The van der Waals surface area contributed by atoms with E-state index in [1.165, 1.54) is 56.8 Å². The molecule has 1 atom stereocenters. The van der Waals surface area contributed by atoms with Gasteiger partial charge >= 0.3 is 0 Å². The van der Waals surface area contributed by atoms with Crippen molar-refractivity contribution < 1.29 is 0 Å². The molecule has 1 aliphatic rings. The average molecular weight is 477 g/mol. The molecule has 1 aliphatic heterocycles. The fourth-order valence-electron chi connectivity index (χ4n) is 4.42. The van der Waals surface area contributed by atoms with Crippen molar-refractivity contribution in [3.05, 3.63) is 88.5 Å². The number of H-pyrrole nitrogens is 1. The molecule has 3 aromatic carbocycles. The summed E-state index contributed by atoms with van der Waals surface area (Å²) >= 11 is 5.72. The summed E-state index contributed by atoms with van der Waals surface area (Å²) in [5.74, 6) is 1.17. The largest absolute Gasteiger partial charge is 0.357 e. The van der Waals surface area contributed by atoms with E-state index >= 15 is 0 Å². The number of benzene rings is 3. The Kier molecular flexibility index (Phi) is 5.98. The van der Waals surface area contributed by atoms with Gasteiger partial charge in [0, 0.05) is 39.5 Å². The smallest absolute Gasteiger partial charge is 0.0610 e. The van der Waals surface area contributed by atoms with Crippen molar-refractivity contribution in [1.82, 2.24) is 10.3 Å². The van der Waals surface area contributed by atoms with Crippen LogP contribution in [0.15, 0.2) is 82.2 Å². The van der Waals surface area contributed by atoms with E-state index in [-0.39, 0.29) is 0 Å². The lowest BCUT2D eigenvalue weighted by Gasteiger charge is -2.24. The van der Waals surface area contributed by atoms with Crippen LogP contribution in [0.25, 0.3) is 22.0 Å². The molecule has 0 amide bonds. The summed E-state index contributed by atoms with van der Waals surface area (Å²) in [6.45, 7) is 0.933. The number of halogens is 1. The van der Waals surface area contributed by atoms with E-state index in [2.05, 4.69) is 99.0 Å². The average Bonchev–Trinajstić information content (AvgIpc) is 3.18. The highest BCUT2D eigenvalue weighted by Crippen LogP contribution is 2.38. The third kappa shape index (κ3) is 4.09. The number of thioether (sulfide) groups is 1. The molecule has 30 heavy (non-hydrogen) atoms.